The summed E-state index contributed by atoms with van der Waals surface area (Å²) in [5.41, 5.74) is 1.24. The third-order valence-corrected chi connectivity index (χ3v) is 4.28. The maximum atomic E-state index is 11.9. The van der Waals surface area contributed by atoms with Crippen molar-refractivity contribution in [2.45, 2.75) is 19.1 Å². The molecule has 0 atom stereocenters. The van der Waals surface area contributed by atoms with Crippen LogP contribution in [0.3, 0.4) is 0 Å². The van der Waals surface area contributed by atoms with Crippen LogP contribution < -0.4 is 4.90 Å². The molecule has 3 nitrogen and oxygen atoms in total. The lowest BCUT2D eigenvalue weighted by Crippen LogP contribution is -2.31. The van der Waals surface area contributed by atoms with Crippen LogP contribution in [0.1, 0.15) is 24.2 Å². The molecule has 0 saturated carbocycles. The second-order valence-electron chi connectivity index (χ2n) is 4.37. The van der Waals surface area contributed by atoms with Gasteiger partial charge in [-0.1, -0.05) is 29.8 Å². The van der Waals surface area contributed by atoms with Crippen LogP contribution >= 0.6 is 27.7 Å². The molecule has 1 amide bonds. The van der Waals surface area contributed by atoms with E-state index >= 15 is 0 Å². The van der Waals surface area contributed by atoms with E-state index in [9.17, 15) is 9.59 Å². The van der Waals surface area contributed by atoms with E-state index in [0.717, 1.165) is 15.9 Å². The lowest BCUT2D eigenvalue weighted by molar-refractivity contribution is -0.114. The van der Waals surface area contributed by atoms with Crippen molar-refractivity contribution in [1.29, 1.82) is 0 Å². The number of fused-ring (bicyclic) bond motifs is 1. The minimum Gasteiger partial charge on any atom is -0.304 e. The Balaban J connectivity index is 2.19. The van der Waals surface area contributed by atoms with Crippen molar-refractivity contribution < 1.29 is 9.59 Å². The van der Waals surface area contributed by atoms with Crippen LogP contribution in [0.4, 0.5) is 5.69 Å². The molecular formula is C13H14BrNO2S. The molecule has 0 N–H and O–H groups in total. The van der Waals surface area contributed by atoms with Gasteiger partial charge in [0.1, 0.15) is 0 Å². The van der Waals surface area contributed by atoms with Gasteiger partial charge in [0.15, 0.2) is 0 Å². The van der Waals surface area contributed by atoms with Gasteiger partial charge >= 0.3 is 0 Å². The molecule has 0 spiro atoms. The highest BCUT2D eigenvalue weighted by Crippen LogP contribution is 2.31. The highest BCUT2D eigenvalue weighted by molar-refractivity contribution is 9.10. The summed E-state index contributed by atoms with van der Waals surface area (Å²) in [5, 5.41) is 0.528. The Morgan fingerprint density at radius 3 is 2.72 bits per heavy atom. The Bertz CT molecular complexity index is 502. The third-order valence-electron chi connectivity index (χ3n) is 2.70. The van der Waals surface area contributed by atoms with Crippen molar-refractivity contribution in [1.82, 2.24) is 0 Å². The number of hydrogen-bond donors (Lipinski definition) is 0. The molecule has 1 aromatic rings. The monoisotopic (exact) mass is 327 g/mol. The highest BCUT2D eigenvalue weighted by Gasteiger charge is 2.35. The van der Waals surface area contributed by atoms with Crippen LogP contribution in [-0.2, 0) is 4.79 Å². The van der Waals surface area contributed by atoms with Crippen LogP contribution in [0.2, 0.25) is 0 Å². The topological polar surface area (TPSA) is 37.4 Å². The van der Waals surface area contributed by atoms with E-state index in [-0.39, 0.29) is 0 Å². The maximum absolute atomic E-state index is 11.9. The van der Waals surface area contributed by atoms with Crippen molar-refractivity contribution >= 4 is 45.1 Å². The van der Waals surface area contributed by atoms with Gasteiger partial charge < -0.3 is 4.90 Å². The number of Topliss-reactive ketones (excluding diaryl/α,β-unsaturated/α-hetero) is 1. The van der Waals surface area contributed by atoms with E-state index in [1.807, 2.05) is 6.07 Å². The molecule has 1 aliphatic rings. The first-order valence-corrected chi connectivity index (χ1v) is 7.62. The largest absolute Gasteiger partial charge is 0.304 e. The first-order valence-electron chi connectivity index (χ1n) is 5.78. The van der Waals surface area contributed by atoms with Crippen molar-refractivity contribution in [3.05, 3.63) is 28.2 Å². The van der Waals surface area contributed by atoms with Crippen LogP contribution in [0.15, 0.2) is 22.7 Å². The number of ketones is 1. The quantitative estimate of drug-likeness (QED) is 0.797. The molecule has 18 heavy (non-hydrogen) atoms. The highest BCUT2D eigenvalue weighted by atomic mass is 79.9. The number of nitrogens with zero attached hydrogens (tertiary/aromatic N) is 1. The van der Waals surface area contributed by atoms with E-state index in [4.69, 9.17) is 0 Å². The summed E-state index contributed by atoms with van der Waals surface area (Å²) in [4.78, 5) is 25.3. The lowest BCUT2D eigenvalue weighted by Gasteiger charge is -2.17. The Morgan fingerprint density at radius 1 is 1.33 bits per heavy atom. The first kappa shape index (κ1) is 13.6. The van der Waals surface area contributed by atoms with Crippen molar-refractivity contribution in [3.63, 3.8) is 0 Å². The molecule has 0 fully saturated rings. The first-order chi connectivity index (χ1) is 8.50. The van der Waals surface area contributed by atoms with Crippen molar-refractivity contribution in [2.24, 2.45) is 0 Å². The molecule has 5 heteroatoms. The SMILES string of the molecule is CC(C)SCCN1C(=O)C(=O)c2ccc(Br)cc21. The standard InChI is InChI=1S/C13H14BrNO2S/c1-8(2)18-6-5-15-11-7-9(14)3-4-10(11)12(16)13(15)17/h3-4,7-8H,5-6H2,1-2H3. The van der Waals surface area contributed by atoms with Gasteiger partial charge in [0, 0.05) is 16.8 Å². The van der Waals surface area contributed by atoms with Crippen LogP contribution in [-0.4, -0.2) is 29.2 Å². The van der Waals surface area contributed by atoms with Crippen LogP contribution in [0.5, 0.6) is 0 Å². The average molecular weight is 328 g/mol. The maximum Gasteiger partial charge on any atom is 0.299 e. The second kappa shape index (κ2) is 5.45. The molecule has 0 aliphatic carbocycles. The van der Waals surface area contributed by atoms with Gasteiger partial charge in [0.25, 0.3) is 11.7 Å². The third kappa shape index (κ3) is 2.62. The molecule has 0 aromatic heterocycles. The summed E-state index contributed by atoms with van der Waals surface area (Å²) in [6, 6.07) is 5.32. The smallest absolute Gasteiger partial charge is 0.299 e. The van der Waals surface area contributed by atoms with Gasteiger partial charge in [-0.05, 0) is 23.4 Å². The van der Waals surface area contributed by atoms with Gasteiger partial charge in [-0.3, -0.25) is 9.59 Å². The molecule has 1 heterocycles. The predicted octanol–water partition coefficient (Wildman–Crippen LogP) is 3.12. The van der Waals surface area contributed by atoms with Gasteiger partial charge in [-0.2, -0.15) is 11.8 Å². The zero-order valence-corrected chi connectivity index (χ0v) is 12.7. The van der Waals surface area contributed by atoms with E-state index < -0.39 is 11.7 Å². The molecular weight excluding hydrogens is 314 g/mol. The number of benzene rings is 1. The van der Waals surface area contributed by atoms with Crippen molar-refractivity contribution in [2.75, 3.05) is 17.2 Å². The zero-order valence-electron chi connectivity index (χ0n) is 10.3. The molecule has 1 aliphatic heterocycles. The summed E-state index contributed by atoms with van der Waals surface area (Å²) in [5.74, 6) is 0.0299. The zero-order chi connectivity index (χ0) is 13.3. The molecule has 96 valence electrons. The summed E-state index contributed by atoms with van der Waals surface area (Å²) in [6.45, 7) is 4.81. The second-order valence-corrected chi connectivity index (χ2v) is 6.97. The summed E-state index contributed by atoms with van der Waals surface area (Å²) in [7, 11) is 0. The fraction of sp³-hybridized carbons (Fsp3) is 0.385. The Labute approximate surface area is 119 Å². The Morgan fingerprint density at radius 2 is 2.06 bits per heavy atom. The van der Waals surface area contributed by atoms with Gasteiger partial charge in [-0.25, -0.2) is 0 Å². The minimum atomic E-state index is -0.410. The predicted molar refractivity (Wildman–Crippen MR) is 78.4 cm³/mol. The van der Waals surface area contributed by atoms with Gasteiger partial charge in [-0.15, -0.1) is 0 Å². The number of rotatable bonds is 4. The normalized spacial score (nSPS) is 14.6. The summed E-state index contributed by atoms with van der Waals surface area (Å²) < 4.78 is 0.880. The van der Waals surface area contributed by atoms with Crippen LogP contribution in [0.25, 0.3) is 0 Å². The van der Waals surface area contributed by atoms with E-state index in [1.54, 1.807) is 28.8 Å². The molecule has 0 saturated heterocycles. The molecule has 0 unspecified atom stereocenters. The van der Waals surface area contributed by atoms with Crippen LogP contribution in [0, 0.1) is 0 Å². The Kier molecular flexibility index (Phi) is 4.12. The molecule has 0 bridgehead atoms. The number of halogens is 1. The number of amides is 1. The van der Waals surface area contributed by atoms with E-state index in [2.05, 4.69) is 29.8 Å². The molecule has 2 rings (SSSR count). The van der Waals surface area contributed by atoms with E-state index in [1.165, 1.54) is 0 Å². The Hall–Kier alpha value is -0.810. The number of carbonyl (C=O) groups excluding carboxylic acids is 2. The number of anilines is 1. The fourth-order valence-electron chi connectivity index (χ4n) is 1.87. The molecule has 1 aromatic carbocycles. The van der Waals surface area contributed by atoms with Crippen molar-refractivity contribution in [3.8, 4) is 0 Å². The van der Waals surface area contributed by atoms with Gasteiger partial charge in [0.2, 0.25) is 0 Å². The summed E-state index contributed by atoms with van der Waals surface area (Å²) >= 11 is 5.15. The van der Waals surface area contributed by atoms with E-state index in [0.29, 0.717) is 17.4 Å². The molecule has 0 radical (unpaired) electrons. The van der Waals surface area contributed by atoms with Gasteiger partial charge in [0.05, 0.1) is 11.3 Å². The number of carbonyl (C=O) groups is 2. The summed E-state index contributed by atoms with van der Waals surface area (Å²) in [6.07, 6.45) is 0. The lowest BCUT2D eigenvalue weighted by atomic mass is 10.1. The fourth-order valence-corrected chi connectivity index (χ4v) is 2.98. The average Bonchev–Trinajstić information content (AvgIpc) is 2.53. The number of thioether (sulfide) groups is 1. The minimum absolute atomic E-state index is 0.396. The number of hydrogen-bond acceptors (Lipinski definition) is 3.